The van der Waals surface area contributed by atoms with E-state index in [9.17, 15) is 29.1 Å². The van der Waals surface area contributed by atoms with E-state index in [4.69, 9.17) is 4.74 Å². The van der Waals surface area contributed by atoms with Gasteiger partial charge in [-0.25, -0.2) is 0 Å². The van der Waals surface area contributed by atoms with E-state index in [1.165, 1.54) is 16.9 Å². The Morgan fingerprint density at radius 2 is 1.88 bits per heavy atom. The summed E-state index contributed by atoms with van der Waals surface area (Å²) in [7, 11) is 1.52. The van der Waals surface area contributed by atoms with Crippen LogP contribution in [0.5, 0.6) is 5.75 Å². The van der Waals surface area contributed by atoms with E-state index in [2.05, 4.69) is 10.6 Å². The van der Waals surface area contributed by atoms with Crippen molar-refractivity contribution in [1.82, 2.24) is 20.4 Å². The molecule has 11 nitrogen and oxygen atoms in total. The fourth-order valence-electron chi connectivity index (χ4n) is 4.11. The van der Waals surface area contributed by atoms with Crippen LogP contribution in [0.1, 0.15) is 42.5 Å². The molecule has 2 N–H and O–H groups in total. The molecular formula is C23H29N4O7-. The number of carbonyl (C=O) groups is 5. The monoisotopic (exact) mass is 473 g/mol. The number of rotatable bonds is 8. The van der Waals surface area contributed by atoms with Gasteiger partial charge in [0.1, 0.15) is 17.8 Å². The Balaban J connectivity index is 1.74. The Morgan fingerprint density at radius 1 is 1.15 bits per heavy atom. The molecule has 2 atom stereocenters. The highest BCUT2D eigenvalue weighted by atomic mass is 16.5. The number of carbonyl (C=O) groups excluding carboxylic acids is 5. The van der Waals surface area contributed by atoms with Gasteiger partial charge in [-0.05, 0) is 49.9 Å². The van der Waals surface area contributed by atoms with Crippen LogP contribution in [-0.2, 0) is 19.2 Å². The van der Waals surface area contributed by atoms with Gasteiger partial charge in [0.05, 0.1) is 13.7 Å². The molecule has 184 valence electrons. The SMILES string of the molecule is COc1ccc(C(=O)N2CCN(C(=O)CCCC(=O)[O-])[C@@H](C(=O)N[C@H]3CCCNC3=O)C2)cc1. The molecule has 1 aromatic carbocycles. The maximum absolute atomic E-state index is 13.2. The highest BCUT2D eigenvalue weighted by Gasteiger charge is 2.38. The molecule has 0 saturated carbocycles. The molecule has 3 rings (SSSR count). The lowest BCUT2D eigenvalue weighted by atomic mass is 10.0. The fraction of sp³-hybridized carbons (Fsp3) is 0.522. The minimum absolute atomic E-state index is 0.0444. The zero-order valence-corrected chi connectivity index (χ0v) is 19.1. The third-order valence-corrected chi connectivity index (χ3v) is 6.00. The number of ether oxygens (including phenoxy) is 1. The standard InChI is InChI=1S/C23H30N4O7/c1-34-16-9-7-15(8-10-16)23(33)26-12-13-27(19(28)5-2-6-20(29)30)18(14-26)22(32)25-17-4-3-11-24-21(17)31/h7-10,17-18H,2-6,11-14H2,1H3,(H,24,31)(H,25,32)(H,29,30)/p-1/t17-,18+/m0/s1. The van der Waals surface area contributed by atoms with E-state index in [1.807, 2.05) is 0 Å². The number of nitrogens with one attached hydrogen (secondary N) is 2. The molecule has 0 unspecified atom stereocenters. The van der Waals surface area contributed by atoms with Crippen LogP contribution in [0.3, 0.4) is 0 Å². The number of hydrogen-bond donors (Lipinski definition) is 2. The number of benzene rings is 1. The lowest BCUT2D eigenvalue weighted by molar-refractivity contribution is -0.305. The van der Waals surface area contributed by atoms with Crippen LogP contribution in [0.25, 0.3) is 0 Å². The molecule has 34 heavy (non-hydrogen) atoms. The Bertz CT molecular complexity index is 934. The third-order valence-electron chi connectivity index (χ3n) is 6.00. The van der Waals surface area contributed by atoms with Gasteiger partial charge < -0.3 is 35.1 Å². The molecular weight excluding hydrogens is 444 g/mol. The number of aliphatic carboxylic acids is 1. The van der Waals surface area contributed by atoms with Crippen LogP contribution in [-0.4, -0.2) is 84.8 Å². The predicted molar refractivity (Wildman–Crippen MR) is 117 cm³/mol. The molecule has 1 aromatic rings. The molecule has 2 aliphatic rings. The zero-order chi connectivity index (χ0) is 24.7. The number of nitrogens with zero attached hydrogens (tertiary/aromatic N) is 2. The van der Waals surface area contributed by atoms with Crippen molar-refractivity contribution >= 4 is 29.6 Å². The number of piperidine rings is 1. The van der Waals surface area contributed by atoms with E-state index in [0.717, 1.165) is 6.42 Å². The fourth-order valence-corrected chi connectivity index (χ4v) is 4.11. The number of hydrogen-bond acceptors (Lipinski definition) is 7. The first-order valence-corrected chi connectivity index (χ1v) is 11.3. The summed E-state index contributed by atoms with van der Waals surface area (Å²) in [4.78, 5) is 64.7. The van der Waals surface area contributed by atoms with Crippen molar-refractivity contribution in [3.8, 4) is 5.75 Å². The van der Waals surface area contributed by atoms with Crippen LogP contribution in [0.2, 0.25) is 0 Å². The Morgan fingerprint density at radius 3 is 2.53 bits per heavy atom. The average Bonchev–Trinajstić information content (AvgIpc) is 2.84. The van der Waals surface area contributed by atoms with Crippen molar-refractivity contribution in [2.24, 2.45) is 0 Å². The topological polar surface area (TPSA) is 148 Å². The van der Waals surface area contributed by atoms with Crippen molar-refractivity contribution in [3.05, 3.63) is 29.8 Å². The van der Waals surface area contributed by atoms with Gasteiger partial charge in [0.25, 0.3) is 5.91 Å². The second-order valence-corrected chi connectivity index (χ2v) is 8.30. The van der Waals surface area contributed by atoms with Gasteiger partial charge >= 0.3 is 0 Å². The minimum atomic E-state index is -1.25. The summed E-state index contributed by atoms with van der Waals surface area (Å²) in [6, 6.07) is 4.87. The van der Waals surface area contributed by atoms with Gasteiger partial charge in [-0.3, -0.25) is 19.2 Å². The van der Waals surface area contributed by atoms with E-state index in [0.29, 0.717) is 24.3 Å². The molecule has 2 heterocycles. The predicted octanol–water partition coefficient (Wildman–Crippen LogP) is -1.34. The van der Waals surface area contributed by atoms with Gasteiger partial charge in [-0.15, -0.1) is 0 Å². The molecule has 11 heteroatoms. The molecule has 0 spiro atoms. The van der Waals surface area contributed by atoms with E-state index in [-0.39, 0.29) is 56.6 Å². The lowest BCUT2D eigenvalue weighted by Gasteiger charge is -2.41. The highest BCUT2D eigenvalue weighted by Crippen LogP contribution is 2.18. The quantitative estimate of drug-likeness (QED) is 0.475. The smallest absolute Gasteiger partial charge is 0.254 e. The summed E-state index contributed by atoms with van der Waals surface area (Å²) in [5.41, 5.74) is 0.417. The molecule has 2 aliphatic heterocycles. The minimum Gasteiger partial charge on any atom is -0.550 e. The van der Waals surface area contributed by atoms with Gasteiger partial charge in [0.2, 0.25) is 17.7 Å². The van der Waals surface area contributed by atoms with Gasteiger partial charge in [-0.1, -0.05) is 0 Å². The summed E-state index contributed by atoms with van der Waals surface area (Å²) in [6.07, 6.45) is 0.966. The Kier molecular flexibility index (Phi) is 8.44. The van der Waals surface area contributed by atoms with E-state index < -0.39 is 24.0 Å². The highest BCUT2D eigenvalue weighted by molar-refractivity contribution is 5.96. The molecule has 0 aromatic heterocycles. The summed E-state index contributed by atoms with van der Waals surface area (Å²) in [5, 5.41) is 16.1. The van der Waals surface area contributed by atoms with Crippen LogP contribution in [0, 0.1) is 0 Å². The van der Waals surface area contributed by atoms with Crippen molar-refractivity contribution in [2.45, 2.75) is 44.2 Å². The first-order chi connectivity index (χ1) is 16.3. The molecule has 0 bridgehead atoms. The van der Waals surface area contributed by atoms with Crippen LogP contribution in [0.4, 0.5) is 0 Å². The largest absolute Gasteiger partial charge is 0.550 e. The number of carboxylic acids is 1. The van der Waals surface area contributed by atoms with Crippen molar-refractivity contribution in [2.75, 3.05) is 33.3 Å². The van der Waals surface area contributed by atoms with Gasteiger partial charge in [-0.2, -0.15) is 0 Å². The maximum atomic E-state index is 13.2. The normalized spacial score (nSPS) is 20.3. The molecule has 0 radical (unpaired) electrons. The molecule has 2 fully saturated rings. The van der Waals surface area contributed by atoms with Gasteiger partial charge in [0, 0.05) is 37.6 Å². The second kappa shape index (κ2) is 11.5. The summed E-state index contributed by atoms with van der Waals surface area (Å²) in [6.45, 7) is 0.824. The Hall–Kier alpha value is -3.63. The van der Waals surface area contributed by atoms with Crippen LogP contribution in [0.15, 0.2) is 24.3 Å². The second-order valence-electron chi connectivity index (χ2n) is 8.30. The zero-order valence-electron chi connectivity index (χ0n) is 19.1. The van der Waals surface area contributed by atoms with Crippen molar-refractivity contribution < 1.29 is 33.8 Å². The van der Waals surface area contributed by atoms with E-state index in [1.54, 1.807) is 24.3 Å². The number of amides is 4. The number of carboxylic acid groups (broad SMARTS) is 1. The molecule has 4 amide bonds. The number of piperazine rings is 1. The van der Waals surface area contributed by atoms with Crippen molar-refractivity contribution in [3.63, 3.8) is 0 Å². The summed E-state index contributed by atoms with van der Waals surface area (Å²) < 4.78 is 5.12. The van der Waals surface area contributed by atoms with Gasteiger partial charge in [0.15, 0.2) is 0 Å². The lowest BCUT2D eigenvalue weighted by Crippen LogP contribution is -2.63. The summed E-state index contributed by atoms with van der Waals surface area (Å²) >= 11 is 0. The Labute approximate surface area is 197 Å². The maximum Gasteiger partial charge on any atom is 0.254 e. The van der Waals surface area contributed by atoms with Crippen LogP contribution >= 0.6 is 0 Å². The molecule has 0 aliphatic carbocycles. The first kappa shape index (κ1) is 25.0. The first-order valence-electron chi connectivity index (χ1n) is 11.3. The van der Waals surface area contributed by atoms with Crippen LogP contribution < -0.4 is 20.5 Å². The third kappa shape index (κ3) is 6.24. The average molecular weight is 474 g/mol. The van der Waals surface area contributed by atoms with E-state index >= 15 is 0 Å². The van der Waals surface area contributed by atoms with Crippen molar-refractivity contribution in [1.29, 1.82) is 0 Å². The summed E-state index contributed by atoms with van der Waals surface area (Å²) in [5.74, 6) is -2.13. The molecule has 2 saturated heterocycles. The number of methoxy groups -OCH3 is 1.